The zero-order valence-corrected chi connectivity index (χ0v) is 11.2. The fourth-order valence-electron chi connectivity index (χ4n) is 1.59. The number of alkyl halides is 3. The van der Waals surface area contributed by atoms with Gasteiger partial charge in [-0.1, -0.05) is 0 Å². The second-order valence-electron chi connectivity index (χ2n) is 3.80. The highest BCUT2D eigenvalue weighted by atomic mass is 32.1. The van der Waals surface area contributed by atoms with Gasteiger partial charge in [0.25, 0.3) is 5.91 Å². The van der Waals surface area contributed by atoms with Crippen molar-refractivity contribution in [2.24, 2.45) is 0 Å². The minimum Gasteiger partial charge on any atom is -0.289 e. The maximum Gasteiger partial charge on any atom is 0.414 e. The molecular formula is C10H6F3N3O2S2. The van der Waals surface area contributed by atoms with Crippen LogP contribution >= 0.6 is 22.7 Å². The molecule has 0 saturated heterocycles. The summed E-state index contributed by atoms with van der Waals surface area (Å²) in [6.07, 6.45) is -2.68. The molecule has 0 aliphatic heterocycles. The van der Waals surface area contributed by atoms with Crippen molar-refractivity contribution < 1.29 is 22.8 Å². The molecule has 0 atom stereocenters. The Bertz CT molecular complexity index is 774. The van der Waals surface area contributed by atoms with Crippen LogP contribution in [-0.2, 0) is 4.84 Å². The molecule has 0 spiro atoms. The molecule has 106 valence electrons. The number of hydrogen-bond acceptors (Lipinski definition) is 5. The highest BCUT2D eigenvalue weighted by molar-refractivity contribution is 7.21. The molecule has 0 aliphatic rings. The summed E-state index contributed by atoms with van der Waals surface area (Å²) in [7, 11) is 0. The van der Waals surface area contributed by atoms with Gasteiger partial charge in [-0.05, 0) is 6.07 Å². The number of thiophene rings is 1. The number of carbonyl (C=O) groups is 1. The molecule has 0 saturated carbocycles. The topological polar surface area (TPSA) is 55.6 Å². The summed E-state index contributed by atoms with van der Waals surface area (Å²) in [5.74, 6) is -0.721. The van der Waals surface area contributed by atoms with Crippen LogP contribution in [0.5, 0.6) is 0 Å². The predicted molar refractivity (Wildman–Crippen MR) is 67.9 cm³/mol. The van der Waals surface area contributed by atoms with Crippen molar-refractivity contribution in [3.8, 4) is 0 Å². The van der Waals surface area contributed by atoms with Gasteiger partial charge in [-0.25, -0.2) is 10.5 Å². The van der Waals surface area contributed by atoms with Gasteiger partial charge < -0.3 is 0 Å². The number of amides is 1. The van der Waals surface area contributed by atoms with Crippen molar-refractivity contribution in [2.75, 3.05) is 6.61 Å². The van der Waals surface area contributed by atoms with Crippen molar-refractivity contribution in [3.05, 3.63) is 22.5 Å². The second-order valence-corrected chi connectivity index (χ2v) is 5.71. The molecule has 3 heterocycles. The van der Waals surface area contributed by atoms with Crippen LogP contribution in [0.25, 0.3) is 15.3 Å². The summed E-state index contributed by atoms with van der Waals surface area (Å²) in [5, 5.41) is 1.85. The Morgan fingerprint density at radius 2 is 2.30 bits per heavy atom. The molecule has 0 radical (unpaired) electrons. The number of thiazole rings is 1. The molecule has 0 aliphatic carbocycles. The first kappa shape index (κ1) is 13.3. The largest absolute Gasteiger partial charge is 0.414 e. The SMILES string of the molecule is O=C(NOCC(F)(F)F)c1cc2c(nc3sccn32)s1. The standard InChI is InChI=1S/C10H6F3N3O2S2/c11-10(12,13)4-18-15-7(17)6-3-5-8(20-6)14-9-16(5)1-2-19-9/h1-3H,4H2,(H,15,17). The lowest BCUT2D eigenvalue weighted by Crippen LogP contribution is -2.29. The number of rotatable bonds is 3. The van der Waals surface area contributed by atoms with E-state index < -0.39 is 18.7 Å². The van der Waals surface area contributed by atoms with Gasteiger partial charge in [0.15, 0.2) is 11.6 Å². The van der Waals surface area contributed by atoms with Crippen LogP contribution in [0.1, 0.15) is 9.67 Å². The lowest BCUT2D eigenvalue weighted by atomic mass is 10.4. The Labute approximate surface area is 117 Å². The van der Waals surface area contributed by atoms with Crippen molar-refractivity contribution in [1.82, 2.24) is 14.9 Å². The van der Waals surface area contributed by atoms with E-state index in [-0.39, 0.29) is 4.88 Å². The number of hydrogen-bond donors (Lipinski definition) is 1. The third-order valence-corrected chi connectivity index (χ3v) is 4.14. The maximum absolute atomic E-state index is 11.9. The van der Waals surface area contributed by atoms with E-state index in [4.69, 9.17) is 0 Å². The van der Waals surface area contributed by atoms with E-state index in [1.807, 2.05) is 16.0 Å². The van der Waals surface area contributed by atoms with Gasteiger partial charge in [0.05, 0.1) is 10.4 Å². The van der Waals surface area contributed by atoms with Crippen LogP contribution in [0.3, 0.4) is 0 Å². The summed E-state index contributed by atoms with van der Waals surface area (Å²) in [6, 6.07) is 1.57. The number of fused-ring (bicyclic) bond motifs is 3. The Kier molecular flexibility index (Phi) is 3.15. The number of imidazole rings is 1. The van der Waals surface area contributed by atoms with E-state index in [2.05, 4.69) is 9.82 Å². The van der Waals surface area contributed by atoms with Gasteiger partial charge in [-0.2, -0.15) is 13.2 Å². The van der Waals surface area contributed by atoms with Crippen LogP contribution in [0.15, 0.2) is 17.6 Å². The maximum atomic E-state index is 11.9. The highest BCUT2D eigenvalue weighted by Crippen LogP contribution is 2.28. The first-order valence-electron chi connectivity index (χ1n) is 5.28. The number of aromatic nitrogens is 2. The smallest absolute Gasteiger partial charge is 0.289 e. The van der Waals surface area contributed by atoms with Gasteiger partial charge in [0, 0.05) is 11.6 Å². The van der Waals surface area contributed by atoms with E-state index in [0.717, 1.165) is 21.8 Å². The molecule has 1 amide bonds. The van der Waals surface area contributed by atoms with Crippen LogP contribution in [-0.4, -0.2) is 28.1 Å². The van der Waals surface area contributed by atoms with Gasteiger partial charge in [0.2, 0.25) is 0 Å². The molecule has 10 heteroatoms. The quantitative estimate of drug-likeness (QED) is 0.755. The van der Waals surface area contributed by atoms with Crippen LogP contribution in [0.4, 0.5) is 13.2 Å². The zero-order valence-electron chi connectivity index (χ0n) is 9.60. The Balaban J connectivity index is 1.76. The minimum absolute atomic E-state index is 0.241. The highest BCUT2D eigenvalue weighted by Gasteiger charge is 2.28. The summed E-state index contributed by atoms with van der Waals surface area (Å²) in [4.78, 5) is 21.7. The lowest BCUT2D eigenvalue weighted by molar-refractivity contribution is -0.184. The molecular weight excluding hydrogens is 315 g/mol. The molecule has 3 rings (SSSR count). The number of hydroxylamine groups is 1. The van der Waals surface area contributed by atoms with Crippen LogP contribution in [0, 0.1) is 0 Å². The van der Waals surface area contributed by atoms with Crippen molar-refractivity contribution in [2.45, 2.75) is 6.18 Å². The average molecular weight is 321 g/mol. The van der Waals surface area contributed by atoms with Gasteiger partial charge in [0.1, 0.15) is 4.83 Å². The van der Waals surface area contributed by atoms with Crippen molar-refractivity contribution in [3.63, 3.8) is 0 Å². The third-order valence-electron chi connectivity index (χ3n) is 2.36. The van der Waals surface area contributed by atoms with Gasteiger partial charge in [-0.3, -0.25) is 14.0 Å². The molecule has 0 unspecified atom stereocenters. The molecule has 1 N–H and O–H groups in total. The third kappa shape index (κ3) is 2.49. The Hall–Kier alpha value is -1.65. The fourth-order valence-corrected chi connectivity index (χ4v) is 3.28. The van der Waals surface area contributed by atoms with Crippen LogP contribution < -0.4 is 5.48 Å². The number of halogens is 3. The Morgan fingerprint density at radius 1 is 1.50 bits per heavy atom. The molecule has 5 nitrogen and oxygen atoms in total. The first-order chi connectivity index (χ1) is 9.44. The number of nitrogens with one attached hydrogen (secondary N) is 1. The van der Waals surface area contributed by atoms with E-state index in [1.54, 1.807) is 11.5 Å². The van der Waals surface area contributed by atoms with Gasteiger partial charge in [-0.15, -0.1) is 22.7 Å². The average Bonchev–Trinajstić information content (AvgIpc) is 2.96. The van der Waals surface area contributed by atoms with Crippen molar-refractivity contribution in [1.29, 1.82) is 0 Å². The Morgan fingerprint density at radius 3 is 3.05 bits per heavy atom. The molecule has 20 heavy (non-hydrogen) atoms. The van der Waals surface area contributed by atoms with E-state index in [0.29, 0.717) is 4.83 Å². The summed E-state index contributed by atoms with van der Waals surface area (Å²) in [6.45, 7) is -1.53. The van der Waals surface area contributed by atoms with E-state index >= 15 is 0 Å². The summed E-state index contributed by atoms with van der Waals surface area (Å²) < 4.78 is 37.4. The molecule has 0 fully saturated rings. The number of nitrogens with zero attached hydrogens (tertiary/aromatic N) is 2. The zero-order chi connectivity index (χ0) is 14.3. The molecule has 0 bridgehead atoms. The molecule has 3 aromatic rings. The predicted octanol–water partition coefficient (Wildman–Crippen LogP) is 2.83. The second kappa shape index (κ2) is 4.72. The lowest BCUT2D eigenvalue weighted by Gasteiger charge is -2.06. The minimum atomic E-state index is -4.48. The molecule has 0 aromatic carbocycles. The van der Waals surface area contributed by atoms with E-state index in [1.165, 1.54) is 11.3 Å². The van der Waals surface area contributed by atoms with Crippen molar-refractivity contribution >= 4 is 43.9 Å². The first-order valence-corrected chi connectivity index (χ1v) is 6.97. The summed E-state index contributed by atoms with van der Waals surface area (Å²) in [5.41, 5.74) is 2.51. The fraction of sp³-hybridized carbons (Fsp3) is 0.200. The van der Waals surface area contributed by atoms with E-state index in [9.17, 15) is 18.0 Å². The van der Waals surface area contributed by atoms with Gasteiger partial charge >= 0.3 is 6.18 Å². The summed E-state index contributed by atoms with van der Waals surface area (Å²) >= 11 is 2.55. The monoisotopic (exact) mass is 321 g/mol. The van der Waals surface area contributed by atoms with Crippen LogP contribution in [0.2, 0.25) is 0 Å². The number of carbonyl (C=O) groups excluding carboxylic acids is 1. The normalized spacial score (nSPS) is 12.3. The molecule has 3 aromatic heterocycles.